The molecule has 1 heterocycles. The number of hydrogen-bond acceptors (Lipinski definition) is 4. The van der Waals surface area contributed by atoms with E-state index in [9.17, 15) is 22.8 Å². The van der Waals surface area contributed by atoms with E-state index < -0.39 is 30.7 Å². The molecule has 0 aliphatic carbocycles. The number of carbonyl (C=O) groups excluding carboxylic acids is 1. The summed E-state index contributed by atoms with van der Waals surface area (Å²) < 4.78 is 45.7. The number of amides is 1. The van der Waals surface area contributed by atoms with Crippen molar-refractivity contribution in [2.75, 3.05) is 6.61 Å². The van der Waals surface area contributed by atoms with Gasteiger partial charge < -0.3 is 19.6 Å². The van der Waals surface area contributed by atoms with Gasteiger partial charge in [0.1, 0.15) is 12.0 Å². The quantitative estimate of drug-likeness (QED) is 0.827. The number of carbonyl (C=O) groups is 2. The lowest BCUT2D eigenvalue weighted by atomic mass is 10.1. The highest BCUT2D eigenvalue weighted by molar-refractivity contribution is 5.95. The van der Waals surface area contributed by atoms with Gasteiger partial charge in [-0.3, -0.25) is 4.79 Å². The molecule has 9 heteroatoms. The molecule has 1 atom stereocenters. The highest BCUT2D eigenvalue weighted by Gasteiger charge is 2.28. The Kier molecular flexibility index (Phi) is 5.35. The van der Waals surface area contributed by atoms with Crippen LogP contribution in [0.4, 0.5) is 13.2 Å². The van der Waals surface area contributed by atoms with Gasteiger partial charge in [-0.25, -0.2) is 4.79 Å². The molecular weight excluding hydrogens is 343 g/mol. The van der Waals surface area contributed by atoms with E-state index in [-0.39, 0.29) is 17.1 Å². The molecule has 0 aliphatic rings. The van der Waals surface area contributed by atoms with Crippen LogP contribution in [0, 0.1) is 0 Å². The Balaban J connectivity index is 1.96. The molecule has 0 saturated carbocycles. The second kappa shape index (κ2) is 7.29. The van der Waals surface area contributed by atoms with Crippen molar-refractivity contribution in [3.05, 3.63) is 53.5 Å². The summed E-state index contributed by atoms with van der Waals surface area (Å²) in [5.74, 6) is -1.94. The Morgan fingerprint density at radius 1 is 1.28 bits per heavy atom. The van der Waals surface area contributed by atoms with Crippen LogP contribution in [0.5, 0.6) is 5.75 Å². The van der Waals surface area contributed by atoms with Gasteiger partial charge in [0, 0.05) is 6.07 Å². The first-order valence-corrected chi connectivity index (χ1v) is 7.08. The normalized spacial score (nSPS) is 12.5. The number of carboxylic acid groups (broad SMARTS) is 1. The first-order chi connectivity index (χ1) is 11.7. The fourth-order valence-corrected chi connectivity index (χ4v) is 1.94. The van der Waals surface area contributed by atoms with Gasteiger partial charge >= 0.3 is 12.1 Å². The van der Waals surface area contributed by atoms with Crippen molar-refractivity contribution >= 4 is 11.9 Å². The van der Waals surface area contributed by atoms with E-state index >= 15 is 0 Å². The van der Waals surface area contributed by atoms with E-state index in [4.69, 9.17) is 9.52 Å². The summed E-state index contributed by atoms with van der Waals surface area (Å²) in [6.45, 7) is 0.271. The summed E-state index contributed by atoms with van der Waals surface area (Å²) in [7, 11) is 0. The van der Waals surface area contributed by atoms with E-state index in [1.165, 1.54) is 24.3 Å². The molecule has 0 saturated heterocycles. The van der Waals surface area contributed by atoms with E-state index in [0.29, 0.717) is 5.56 Å². The summed E-state index contributed by atoms with van der Waals surface area (Å²) in [5, 5.41) is 11.4. The topological polar surface area (TPSA) is 88.8 Å². The molecule has 0 spiro atoms. The standard InChI is InChI=1S/C16H14F3NO5/c1-9(20-14(21)13-6-11(7-24-13)15(22)23)10-2-4-12(5-3-10)25-8-16(17,18)19/h2-7,9H,8H2,1H3,(H,20,21)(H,22,23). The average molecular weight is 357 g/mol. The minimum Gasteiger partial charge on any atom is -0.484 e. The molecule has 2 N–H and O–H groups in total. The van der Waals surface area contributed by atoms with Crippen molar-refractivity contribution in [2.24, 2.45) is 0 Å². The molecule has 134 valence electrons. The van der Waals surface area contributed by atoms with Gasteiger partial charge in [-0.2, -0.15) is 13.2 Å². The Labute approximate surface area is 140 Å². The third-order valence-electron chi connectivity index (χ3n) is 3.20. The summed E-state index contributed by atoms with van der Waals surface area (Å²) in [4.78, 5) is 22.8. The number of rotatable bonds is 6. The van der Waals surface area contributed by atoms with Gasteiger partial charge in [0.2, 0.25) is 0 Å². The third-order valence-corrected chi connectivity index (χ3v) is 3.20. The van der Waals surface area contributed by atoms with Crippen LogP contribution in [-0.4, -0.2) is 29.8 Å². The van der Waals surface area contributed by atoms with Crippen molar-refractivity contribution in [1.29, 1.82) is 0 Å². The van der Waals surface area contributed by atoms with Gasteiger partial charge in [-0.15, -0.1) is 0 Å². The maximum absolute atomic E-state index is 12.1. The van der Waals surface area contributed by atoms with Crippen LogP contribution in [0.15, 0.2) is 41.0 Å². The monoisotopic (exact) mass is 357 g/mol. The molecule has 0 radical (unpaired) electrons. The average Bonchev–Trinajstić information content (AvgIpc) is 3.03. The van der Waals surface area contributed by atoms with Gasteiger partial charge in [0.25, 0.3) is 5.91 Å². The number of carboxylic acids is 1. The van der Waals surface area contributed by atoms with Crippen LogP contribution in [-0.2, 0) is 0 Å². The van der Waals surface area contributed by atoms with Crippen LogP contribution in [0.2, 0.25) is 0 Å². The molecular formula is C16H14F3NO5. The summed E-state index contributed by atoms with van der Waals surface area (Å²) in [6.07, 6.45) is -3.47. The van der Waals surface area contributed by atoms with Gasteiger partial charge in [-0.1, -0.05) is 12.1 Å². The predicted octanol–water partition coefficient (Wildman–Crippen LogP) is 3.41. The minimum atomic E-state index is -4.42. The first kappa shape index (κ1) is 18.4. The molecule has 0 bridgehead atoms. The molecule has 1 unspecified atom stereocenters. The number of ether oxygens (including phenoxy) is 1. The zero-order valence-corrected chi connectivity index (χ0v) is 13.0. The zero-order valence-electron chi connectivity index (χ0n) is 13.0. The summed E-state index contributed by atoms with van der Waals surface area (Å²) in [6, 6.07) is 6.36. The molecule has 6 nitrogen and oxygen atoms in total. The highest BCUT2D eigenvalue weighted by Crippen LogP contribution is 2.21. The first-order valence-electron chi connectivity index (χ1n) is 7.08. The number of benzene rings is 1. The number of furan rings is 1. The number of aromatic carboxylic acids is 1. The van der Waals surface area contributed by atoms with Gasteiger partial charge in [0.15, 0.2) is 12.4 Å². The predicted molar refractivity (Wildman–Crippen MR) is 79.5 cm³/mol. The number of halogens is 3. The summed E-state index contributed by atoms with van der Waals surface area (Å²) >= 11 is 0. The molecule has 0 fully saturated rings. The second-order valence-electron chi connectivity index (χ2n) is 5.17. The lowest BCUT2D eigenvalue weighted by Gasteiger charge is -2.14. The fraction of sp³-hybridized carbons (Fsp3) is 0.250. The molecule has 1 aromatic heterocycles. The van der Waals surface area contributed by atoms with Crippen LogP contribution in [0.1, 0.15) is 39.4 Å². The Hall–Kier alpha value is -2.97. The molecule has 1 amide bonds. The largest absolute Gasteiger partial charge is 0.484 e. The van der Waals surface area contributed by atoms with E-state index in [1.807, 2.05) is 0 Å². The van der Waals surface area contributed by atoms with Crippen molar-refractivity contribution in [1.82, 2.24) is 5.32 Å². The fourth-order valence-electron chi connectivity index (χ4n) is 1.94. The van der Waals surface area contributed by atoms with E-state index in [0.717, 1.165) is 12.3 Å². The third kappa shape index (κ3) is 5.27. The number of alkyl halides is 3. The number of nitrogens with one attached hydrogen (secondary N) is 1. The highest BCUT2D eigenvalue weighted by atomic mass is 19.4. The zero-order chi connectivity index (χ0) is 18.6. The molecule has 2 aromatic rings. The van der Waals surface area contributed by atoms with Crippen molar-refractivity contribution < 1.29 is 37.0 Å². The van der Waals surface area contributed by atoms with Crippen LogP contribution in [0.25, 0.3) is 0 Å². The van der Waals surface area contributed by atoms with Crippen LogP contribution < -0.4 is 10.1 Å². The lowest BCUT2D eigenvalue weighted by Crippen LogP contribution is -2.26. The van der Waals surface area contributed by atoms with E-state index in [1.54, 1.807) is 6.92 Å². The van der Waals surface area contributed by atoms with Gasteiger partial charge in [-0.05, 0) is 24.6 Å². The Bertz CT molecular complexity index is 752. The van der Waals surface area contributed by atoms with Gasteiger partial charge in [0.05, 0.1) is 11.6 Å². The molecule has 0 aliphatic heterocycles. The SMILES string of the molecule is CC(NC(=O)c1cc(C(=O)O)co1)c1ccc(OCC(F)(F)F)cc1. The Morgan fingerprint density at radius 2 is 1.92 bits per heavy atom. The Morgan fingerprint density at radius 3 is 2.44 bits per heavy atom. The molecule has 2 rings (SSSR count). The minimum absolute atomic E-state index is 0.0525. The lowest BCUT2D eigenvalue weighted by molar-refractivity contribution is -0.153. The van der Waals surface area contributed by atoms with Crippen LogP contribution >= 0.6 is 0 Å². The van der Waals surface area contributed by atoms with E-state index in [2.05, 4.69) is 10.1 Å². The molecule has 25 heavy (non-hydrogen) atoms. The van der Waals surface area contributed by atoms with Crippen molar-refractivity contribution in [3.63, 3.8) is 0 Å². The molecule has 1 aromatic carbocycles. The number of hydrogen-bond donors (Lipinski definition) is 2. The summed E-state index contributed by atoms with van der Waals surface area (Å²) in [5.41, 5.74) is 0.474. The second-order valence-corrected chi connectivity index (χ2v) is 5.17. The smallest absolute Gasteiger partial charge is 0.422 e. The van der Waals surface area contributed by atoms with Crippen LogP contribution in [0.3, 0.4) is 0 Å². The van der Waals surface area contributed by atoms with Crippen molar-refractivity contribution in [2.45, 2.75) is 19.1 Å². The maximum Gasteiger partial charge on any atom is 0.422 e. The van der Waals surface area contributed by atoms with Crippen molar-refractivity contribution in [3.8, 4) is 5.75 Å². The maximum atomic E-state index is 12.1.